The molecular weight excluding hydrogens is 409 g/mol. The van der Waals surface area contributed by atoms with Gasteiger partial charge in [0.15, 0.2) is 6.10 Å². The fourth-order valence-corrected chi connectivity index (χ4v) is 3.67. The van der Waals surface area contributed by atoms with Crippen molar-refractivity contribution in [1.82, 2.24) is 0 Å². The Morgan fingerprint density at radius 1 is 1.16 bits per heavy atom. The molecule has 0 spiro atoms. The molecule has 31 heavy (non-hydrogen) atoms. The molecule has 0 N–H and O–H groups in total. The molecule has 0 radical (unpaired) electrons. The van der Waals surface area contributed by atoms with Gasteiger partial charge in [0.1, 0.15) is 5.75 Å². The van der Waals surface area contributed by atoms with Gasteiger partial charge in [0.05, 0.1) is 24.4 Å². The van der Waals surface area contributed by atoms with Gasteiger partial charge in [0.25, 0.3) is 0 Å². The first-order valence-electron chi connectivity index (χ1n) is 10.3. The van der Waals surface area contributed by atoms with Gasteiger partial charge >= 0.3 is 12.1 Å². The maximum absolute atomic E-state index is 14.0. The van der Waals surface area contributed by atoms with E-state index in [4.69, 9.17) is 14.2 Å². The highest BCUT2D eigenvalue weighted by atomic mass is 19.4. The lowest BCUT2D eigenvalue weighted by Crippen LogP contribution is -2.30. The molecule has 1 unspecified atom stereocenters. The van der Waals surface area contributed by atoms with Crippen LogP contribution in [0.5, 0.6) is 5.75 Å². The van der Waals surface area contributed by atoms with Crippen LogP contribution in [0, 0.1) is 0 Å². The summed E-state index contributed by atoms with van der Waals surface area (Å²) < 4.78 is 58.7. The molecule has 0 saturated heterocycles. The van der Waals surface area contributed by atoms with Crippen LogP contribution in [0.2, 0.25) is 0 Å². The van der Waals surface area contributed by atoms with Gasteiger partial charge < -0.3 is 14.2 Å². The Balaban J connectivity index is 2.24. The van der Waals surface area contributed by atoms with Crippen LogP contribution in [0.25, 0.3) is 11.1 Å². The first kappa shape index (κ1) is 23.1. The average Bonchev–Trinajstić information content (AvgIpc) is 2.70. The summed E-state index contributed by atoms with van der Waals surface area (Å²) in [6.07, 6.45) is -4.59. The van der Waals surface area contributed by atoms with Crippen LogP contribution in [0.15, 0.2) is 36.4 Å². The van der Waals surface area contributed by atoms with Gasteiger partial charge in [-0.2, -0.15) is 13.2 Å². The van der Waals surface area contributed by atoms with Crippen molar-refractivity contribution in [1.29, 1.82) is 0 Å². The first-order valence-corrected chi connectivity index (χ1v) is 10.3. The third kappa shape index (κ3) is 5.39. The number of esters is 1. The highest BCUT2D eigenvalue weighted by Gasteiger charge is 2.41. The van der Waals surface area contributed by atoms with Crippen molar-refractivity contribution in [3.05, 3.63) is 53.1 Å². The monoisotopic (exact) mass is 436 g/mol. The summed E-state index contributed by atoms with van der Waals surface area (Å²) in [6, 6.07) is 9.19. The second-order valence-electron chi connectivity index (χ2n) is 8.40. The molecule has 0 saturated carbocycles. The number of hydrogen-bond acceptors (Lipinski definition) is 4. The minimum atomic E-state index is -4.67. The summed E-state index contributed by atoms with van der Waals surface area (Å²) in [5.41, 5.74) is -0.252. The number of ether oxygens (including phenoxy) is 3. The largest absolute Gasteiger partial charge is 0.493 e. The van der Waals surface area contributed by atoms with E-state index in [-0.39, 0.29) is 17.7 Å². The molecular formula is C24H27F3O4. The van der Waals surface area contributed by atoms with E-state index in [9.17, 15) is 18.0 Å². The van der Waals surface area contributed by atoms with Gasteiger partial charge in [0.2, 0.25) is 0 Å². The zero-order chi connectivity index (χ0) is 22.8. The van der Waals surface area contributed by atoms with Crippen LogP contribution in [0.1, 0.15) is 56.9 Å². The van der Waals surface area contributed by atoms with Gasteiger partial charge in [0, 0.05) is 5.56 Å². The molecule has 4 nitrogen and oxygen atoms in total. The Kier molecular flexibility index (Phi) is 6.65. The van der Waals surface area contributed by atoms with Crippen molar-refractivity contribution < 1.29 is 32.2 Å². The molecule has 0 bridgehead atoms. The summed E-state index contributed by atoms with van der Waals surface area (Å²) in [6.45, 7) is 7.31. The van der Waals surface area contributed by atoms with E-state index in [2.05, 4.69) is 0 Å². The summed E-state index contributed by atoms with van der Waals surface area (Å²) in [5, 5.41) is 0. The summed E-state index contributed by atoms with van der Waals surface area (Å²) >= 11 is 0. The Hall–Kier alpha value is -2.54. The predicted octanol–water partition coefficient (Wildman–Crippen LogP) is 6.12. The van der Waals surface area contributed by atoms with Crippen LogP contribution >= 0.6 is 0 Å². The average molecular weight is 436 g/mol. The van der Waals surface area contributed by atoms with Gasteiger partial charge in [-0.05, 0) is 75.4 Å². The number of aryl methyl sites for hydroxylation is 1. The van der Waals surface area contributed by atoms with Crippen molar-refractivity contribution in [3.8, 4) is 16.9 Å². The number of carbonyl (C=O) groups excluding carboxylic acids is 1. The molecule has 2 aromatic carbocycles. The maximum atomic E-state index is 14.0. The van der Waals surface area contributed by atoms with Gasteiger partial charge in [-0.25, -0.2) is 4.79 Å². The molecule has 1 aliphatic heterocycles. The highest BCUT2D eigenvalue weighted by molar-refractivity contribution is 5.83. The van der Waals surface area contributed by atoms with E-state index in [1.807, 2.05) is 6.07 Å². The zero-order valence-corrected chi connectivity index (χ0v) is 18.1. The number of rotatable bonds is 5. The topological polar surface area (TPSA) is 44.8 Å². The first-order chi connectivity index (χ1) is 14.5. The summed E-state index contributed by atoms with van der Waals surface area (Å²) in [4.78, 5) is 12.8. The molecule has 0 aromatic heterocycles. The zero-order valence-electron chi connectivity index (χ0n) is 18.1. The van der Waals surface area contributed by atoms with E-state index in [0.717, 1.165) is 30.2 Å². The van der Waals surface area contributed by atoms with Crippen molar-refractivity contribution in [2.75, 3.05) is 13.2 Å². The second kappa shape index (κ2) is 8.91. The number of alkyl halides is 3. The third-order valence-corrected chi connectivity index (χ3v) is 4.87. The lowest BCUT2D eigenvalue weighted by Gasteiger charge is -2.30. The highest BCUT2D eigenvalue weighted by Crippen LogP contribution is 2.43. The van der Waals surface area contributed by atoms with Crippen LogP contribution in [0.3, 0.4) is 0 Å². The molecule has 0 amide bonds. The molecule has 0 aliphatic carbocycles. The number of halogens is 3. The third-order valence-electron chi connectivity index (χ3n) is 4.87. The van der Waals surface area contributed by atoms with Gasteiger partial charge in [-0.1, -0.05) is 18.2 Å². The molecule has 1 atom stereocenters. The second-order valence-corrected chi connectivity index (χ2v) is 8.40. The quantitative estimate of drug-likeness (QED) is 0.530. The fourth-order valence-electron chi connectivity index (χ4n) is 3.67. The Morgan fingerprint density at radius 2 is 1.90 bits per heavy atom. The predicted molar refractivity (Wildman–Crippen MR) is 111 cm³/mol. The molecule has 3 rings (SSSR count). The Labute approximate surface area is 180 Å². The molecule has 1 aliphatic rings. The lowest BCUT2D eigenvalue weighted by atomic mass is 9.89. The van der Waals surface area contributed by atoms with Crippen molar-refractivity contribution >= 4 is 5.97 Å². The van der Waals surface area contributed by atoms with E-state index in [0.29, 0.717) is 12.2 Å². The Bertz CT molecular complexity index is 945. The van der Waals surface area contributed by atoms with E-state index in [1.165, 1.54) is 6.07 Å². The van der Waals surface area contributed by atoms with Gasteiger partial charge in [-0.15, -0.1) is 0 Å². The minimum Gasteiger partial charge on any atom is -0.493 e. The Morgan fingerprint density at radius 3 is 2.55 bits per heavy atom. The lowest BCUT2D eigenvalue weighted by molar-refractivity contribution is -0.168. The molecule has 168 valence electrons. The number of hydrogen-bond donors (Lipinski definition) is 0. The normalized spacial score (nSPS) is 15.1. The van der Waals surface area contributed by atoms with Crippen LogP contribution < -0.4 is 4.74 Å². The van der Waals surface area contributed by atoms with E-state index >= 15 is 0 Å². The van der Waals surface area contributed by atoms with E-state index < -0.39 is 29.4 Å². The van der Waals surface area contributed by atoms with Crippen LogP contribution in [-0.4, -0.2) is 24.8 Å². The van der Waals surface area contributed by atoms with Crippen molar-refractivity contribution in [2.24, 2.45) is 0 Å². The standard InChI is InChI=1S/C24H27F3O4/c1-5-29-22(28)21(31-23(2,3)4)20-17(9-6-10-18(20)24(25,26)27)15-11-12-19-16(14-15)8-7-13-30-19/h6,9-12,14,21H,5,7-8,13H2,1-4H3. The molecule has 0 fully saturated rings. The molecule has 2 aromatic rings. The minimum absolute atomic E-state index is 0.0303. The fraction of sp³-hybridized carbons (Fsp3) is 0.458. The number of carbonyl (C=O) groups is 1. The van der Waals surface area contributed by atoms with Gasteiger partial charge in [-0.3, -0.25) is 0 Å². The van der Waals surface area contributed by atoms with Crippen LogP contribution in [0.4, 0.5) is 13.2 Å². The summed E-state index contributed by atoms with van der Waals surface area (Å²) in [5.74, 6) is -0.118. The summed E-state index contributed by atoms with van der Waals surface area (Å²) in [7, 11) is 0. The van der Waals surface area contributed by atoms with Crippen LogP contribution in [-0.2, 0) is 26.9 Å². The number of fused-ring (bicyclic) bond motifs is 1. The molecule has 7 heteroatoms. The number of benzene rings is 2. The maximum Gasteiger partial charge on any atom is 0.416 e. The van der Waals surface area contributed by atoms with Crippen molar-refractivity contribution in [2.45, 2.75) is 58.4 Å². The van der Waals surface area contributed by atoms with Crippen molar-refractivity contribution in [3.63, 3.8) is 0 Å². The SMILES string of the molecule is CCOC(=O)C(OC(C)(C)C)c1c(-c2ccc3c(c2)CCCO3)cccc1C(F)(F)F. The molecule has 1 heterocycles. The van der Waals surface area contributed by atoms with E-state index in [1.54, 1.807) is 45.9 Å². The smallest absolute Gasteiger partial charge is 0.416 e.